The van der Waals surface area contributed by atoms with E-state index in [1.807, 2.05) is 17.4 Å². The first-order chi connectivity index (χ1) is 27.3. The molecule has 2 heterocycles. The molecule has 0 amide bonds. The van der Waals surface area contributed by atoms with Gasteiger partial charge in [0.2, 0.25) is 0 Å². The van der Waals surface area contributed by atoms with Crippen LogP contribution in [0.1, 0.15) is 0 Å². The van der Waals surface area contributed by atoms with Crippen LogP contribution in [0, 0.1) is 0 Å². The molecule has 11 aromatic rings. The van der Waals surface area contributed by atoms with Crippen molar-refractivity contribution in [3.05, 3.63) is 194 Å². The van der Waals surface area contributed by atoms with E-state index in [-0.39, 0.29) is 0 Å². The van der Waals surface area contributed by atoms with Gasteiger partial charge in [-0.1, -0.05) is 176 Å². The molecular weight excluding hydrogens is 685 g/mol. The highest BCUT2D eigenvalue weighted by atomic mass is 32.1. The zero-order valence-corrected chi connectivity index (χ0v) is 30.6. The maximum Gasteiger partial charge on any atom is 0.160 e. The lowest BCUT2D eigenvalue weighted by Gasteiger charge is -2.20. The Morgan fingerprint density at radius 3 is 1.71 bits per heavy atom. The standard InChI is InChI=1S/C52H32N2S/c1-3-16-34(17-4-1)49-42-24-11-12-25-43(42)51(50-38-21-8-7-15-33(38)27-30-44(49)50)46-32-45(53-52(54-46)35-18-5-2-6-19-35)39-22-10-9-20-37(39)36-28-29-41-40-23-13-14-26-47(40)55-48(41)31-36/h1-32H. The van der Waals surface area contributed by atoms with E-state index in [0.29, 0.717) is 5.82 Å². The SMILES string of the molecule is c1ccc(-c2nc(-c3ccccc3-c3ccc4c(c3)sc3ccccc34)cc(-c3c4ccccc4c(-c4ccccc4)c4ccc5ccccc5c34)n2)cc1. The molecule has 2 nitrogen and oxygen atoms in total. The van der Waals surface area contributed by atoms with Crippen molar-refractivity contribution in [2.24, 2.45) is 0 Å². The van der Waals surface area contributed by atoms with Gasteiger partial charge in [-0.05, 0) is 67.4 Å². The summed E-state index contributed by atoms with van der Waals surface area (Å²) in [6.45, 7) is 0. The van der Waals surface area contributed by atoms with Crippen LogP contribution >= 0.6 is 11.3 Å². The third-order valence-electron chi connectivity index (χ3n) is 10.9. The van der Waals surface area contributed by atoms with E-state index < -0.39 is 0 Å². The average molecular weight is 717 g/mol. The van der Waals surface area contributed by atoms with E-state index in [2.05, 4.69) is 188 Å². The molecule has 2 aromatic heterocycles. The van der Waals surface area contributed by atoms with E-state index >= 15 is 0 Å². The third kappa shape index (κ3) is 5.24. The van der Waals surface area contributed by atoms with Crippen LogP contribution in [0.5, 0.6) is 0 Å². The van der Waals surface area contributed by atoms with Crippen molar-refractivity contribution >= 4 is 63.8 Å². The van der Waals surface area contributed by atoms with Gasteiger partial charge < -0.3 is 0 Å². The Labute approximate surface area is 322 Å². The maximum absolute atomic E-state index is 5.47. The molecule has 0 N–H and O–H groups in total. The Morgan fingerprint density at radius 2 is 0.909 bits per heavy atom. The molecule has 0 unspecified atom stereocenters. The van der Waals surface area contributed by atoms with Crippen LogP contribution in [0.2, 0.25) is 0 Å². The summed E-state index contributed by atoms with van der Waals surface area (Å²) < 4.78 is 2.59. The minimum absolute atomic E-state index is 0.701. The molecule has 0 aliphatic heterocycles. The zero-order chi connectivity index (χ0) is 36.3. The fourth-order valence-corrected chi connectivity index (χ4v) is 9.56. The summed E-state index contributed by atoms with van der Waals surface area (Å²) in [7, 11) is 0. The van der Waals surface area contributed by atoms with E-state index in [0.717, 1.165) is 39.0 Å². The van der Waals surface area contributed by atoms with Gasteiger partial charge in [-0.2, -0.15) is 0 Å². The molecule has 0 saturated carbocycles. The second-order valence-electron chi connectivity index (χ2n) is 14.1. The summed E-state index contributed by atoms with van der Waals surface area (Å²) in [5, 5.41) is 9.77. The van der Waals surface area contributed by atoms with Crippen LogP contribution in [-0.4, -0.2) is 9.97 Å². The summed E-state index contributed by atoms with van der Waals surface area (Å²) >= 11 is 1.85. The smallest absolute Gasteiger partial charge is 0.160 e. The predicted octanol–water partition coefficient (Wildman–Crippen LogP) is 14.6. The lowest BCUT2D eigenvalue weighted by atomic mass is 9.85. The largest absolute Gasteiger partial charge is 0.228 e. The Balaban J connectivity index is 1.22. The number of fused-ring (bicyclic) bond motifs is 7. The van der Waals surface area contributed by atoms with Crippen LogP contribution in [0.4, 0.5) is 0 Å². The van der Waals surface area contributed by atoms with Gasteiger partial charge in [0.15, 0.2) is 5.82 Å². The summed E-state index contributed by atoms with van der Waals surface area (Å²) in [5.74, 6) is 0.701. The highest BCUT2D eigenvalue weighted by Gasteiger charge is 2.22. The summed E-state index contributed by atoms with van der Waals surface area (Å²) in [6.07, 6.45) is 0. The third-order valence-corrected chi connectivity index (χ3v) is 12.0. The van der Waals surface area contributed by atoms with Crippen molar-refractivity contribution < 1.29 is 0 Å². The van der Waals surface area contributed by atoms with E-state index in [9.17, 15) is 0 Å². The van der Waals surface area contributed by atoms with E-state index in [1.165, 1.54) is 63.8 Å². The van der Waals surface area contributed by atoms with Crippen molar-refractivity contribution in [2.45, 2.75) is 0 Å². The quantitative estimate of drug-likeness (QED) is 0.131. The molecule has 0 radical (unpaired) electrons. The highest BCUT2D eigenvalue weighted by molar-refractivity contribution is 7.25. The number of benzene rings is 9. The van der Waals surface area contributed by atoms with Gasteiger partial charge in [-0.3, -0.25) is 0 Å². The lowest BCUT2D eigenvalue weighted by molar-refractivity contribution is 1.19. The molecule has 0 saturated heterocycles. The molecule has 55 heavy (non-hydrogen) atoms. The fourth-order valence-electron chi connectivity index (χ4n) is 8.41. The van der Waals surface area contributed by atoms with E-state index in [4.69, 9.17) is 9.97 Å². The van der Waals surface area contributed by atoms with Gasteiger partial charge in [0, 0.05) is 42.2 Å². The molecule has 0 fully saturated rings. The average Bonchev–Trinajstić information content (AvgIpc) is 3.64. The van der Waals surface area contributed by atoms with Crippen LogP contribution in [0.15, 0.2) is 194 Å². The van der Waals surface area contributed by atoms with Crippen molar-refractivity contribution in [2.75, 3.05) is 0 Å². The number of thiophene rings is 1. The number of aromatic nitrogens is 2. The van der Waals surface area contributed by atoms with Crippen molar-refractivity contribution in [1.29, 1.82) is 0 Å². The molecule has 0 aliphatic rings. The summed E-state index contributed by atoms with van der Waals surface area (Å²) in [6, 6.07) is 69.7. The van der Waals surface area contributed by atoms with Crippen LogP contribution in [-0.2, 0) is 0 Å². The van der Waals surface area contributed by atoms with Gasteiger partial charge in [0.1, 0.15) is 0 Å². The molecule has 0 atom stereocenters. The van der Waals surface area contributed by atoms with Gasteiger partial charge in [-0.15, -0.1) is 11.3 Å². The van der Waals surface area contributed by atoms with Crippen molar-refractivity contribution in [1.82, 2.24) is 9.97 Å². The Kier molecular flexibility index (Phi) is 7.39. The van der Waals surface area contributed by atoms with Crippen LogP contribution in [0.25, 0.3) is 109 Å². The monoisotopic (exact) mass is 716 g/mol. The molecule has 256 valence electrons. The van der Waals surface area contributed by atoms with Crippen molar-refractivity contribution in [3.8, 4) is 56.2 Å². The first kappa shape index (κ1) is 31.6. The molecule has 9 aromatic carbocycles. The zero-order valence-electron chi connectivity index (χ0n) is 29.8. The normalized spacial score (nSPS) is 11.6. The second kappa shape index (κ2) is 12.9. The molecular formula is C52H32N2S. The first-order valence-corrected chi connectivity index (χ1v) is 19.5. The van der Waals surface area contributed by atoms with Crippen LogP contribution < -0.4 is 0 Å². The molecule has 11 rings (SSSR count). The topological polar surface area (TPSA) is 25.8 Å². The Bertz CT molecular complexity index is 3250. The van der Waals surface area contributed by atoms with Crippen LogP contribution in [0.3, 0.4) is 0 Å². The number of rotatable bonds is 5. The number of nitrogens with zero attached hydrogens (tertiary/aromatic N) is 2. The Morgan fingerprint density at radius 1 is 0.327 bits per heavy atom. The summed E-state index contributed by atoms with van der Waals surface area (Å²) in [4.78, 5) is 10.8. The lowest BCUT2D eigenvalue weighted by Crippen LogP contribution is -1.99. The molecule has 3 heteroatoms. The molecule has 0 aliphatic carbocycles. The molecule has 0 bridgehead atoms. The van der Waals surface area contributed by atoms with E-state index in [1.54, 1.807) is 0 Å². The van der Waals surface area contributed by atoms with Gasteiger partial charge in [-0.25, -0.2) is 9.97 Å². The predicted molar refractivity (Wildman–Crippen MR) is 235 cm³/mol. The summed E-state index contributed by atoms with van der Waals surface area (Å²) in [5.41, 5.74) is 9.71. The minimum Gasteiger partial charge on any atom is -0.228 e. The second-order valence-corrected chi connectivity index (χ2v) is 15.1. The highest BCUT2D eigenvalue weighted by Crippen LogP contribution is 2.47. The first-order valence-electron chi connectivity index (χ1n) is 18.7. The number of hydrogen-bond acceptors (Lipinski definition) is 3. The van der Waals surface area contributed by atoms with Crippen molar-refractivity contribution in [3.63, 3.8) is 0 Å². The van der Waals surface area contributed by atoms with Gasteiger partial charge in [0.25, 0.3) is 0 Å². The van der Waals surface area contributed by atoms with Gasteiger partial charge in [0.05, 0.1) is 11.4 Å². The fraction of sp³-hybridized carbons (Fsp3) is 0. The molecule has 0 spiro atoms. The number of hydrogen-bond donors (Lipinski definition) is 0. The van der Waals surface area contributed by atoms with Gasteiger partial charge >= 0.3 is 0 Å². The minimum atomic E-state index is 0.701. The Hall–Kier alpha value is -6.94. The maximum atomic E-state index is 5.47.